The van der Waals surface area contributed by atoms with Gasteiger partial charge in [-0.15, -0.1) is 0 Å². The van der Waals surface area contributed by atoms with Gasteiger partial charge in [0.15, 0.2) is 0 Å². The molecule has 4 heteroatoms. The average molecular weight is 276 g/mol. The summed E-state index contributed by atoms with van der Waals surface area (Å²) in [4.78, 5) is 12.5. The highest BCUT2D eigenvalue weighted by Gasteiger charge is 2.46. The van der Waals surface area contributed by atoms with E-state index in [9.17, 15) is 4.79 Å². The van der Waals surface area contributed by atoms with Gasteiger partial charge in [-0.05, 0) is 37.3 Å². The lowest BCUT2D eigenvalue weighted by Gasteiger charge is -2.39. The normalized spacial score (nSPS) is 16.5. The lowest BCUT2D eigenvalue weighted by atomic mass is 9.68. The van der Waals surface area contributed by atoms with E-state index in [0.29, 0.717) is 11.5 Å². The minimum absolute atomic E-state index is 0.000154. The smallest absolute Gasteiger partial charge is 0.233 e. The van der Waals surface area contributed by atoms with Crippen LogP contribution in [0.5, 0.6) is 0 Å². The third-order valence-electron chi connectivity index (χ3n) is 4.05. The van der Waals surface area contributed by atoms with Gasteiger partial charge in [-0.3, -0.25) is 4.79 Å². The van der Waals surface area contributed by atoms with Gasteiger partial charge < -0.3 is 11.1 Å². The van der Waals surface area contributed by atoms with Crippen LogP contribution in [0.1, 0.15) is 30.4 Å². The van der Waals surface area contributed by atoms with Crippen LogP contribution in [-0.2, 0) is 11.2 Å². The van der Waals surface area contributed by atoms with Gasteiger partial charge in [-0.2, -0.15) is 0 Å². The molecule has 0 radical (unpaired) electrons. The number of thiocarbonyl (C=S) groups is 1. The molecule has 1 fully saturated rings. The Kier molecular flexibility index (Phi) is 4.20. The van der Waals surface area contributed by atoms with E-state index in [1.807, 2.05) is 12.1 Å². The largest absolute Gasteiger partial charge is 0.392 e. The van der Waals surface area contributed by atoms with E-state index >= 15 is 0 Å². The molecule has 0 aromatic heterocycles. The molecule has 19 heavy (non-hydrogen) atoms. The van der Waals surface area contributed by atoms with Gasteiger partial charge in [0.05, 0.1) is 10.4 Å². The maximum atomic E-state index is 12.2. The number of nitrogens with two attached hydrogens (primary N) is 1. The molecule has 1 aliphatic rings. The highest BCUT2D eigenvalue weighted by Crippen LogP contribution is 2.41. The van der Waals surface area contributed by atoms with E-state index in [1.54, 1.807) is 0 Å². The van der Waals surface area contributed by atoms with Crippen LogP contribution in [0, 0.1) is 12.3 Å². The summed E-state index contributed by atoms with van der Waals surface area (Å²) in [5.74, 6) is -0.000154. The van der Waals surface area contributed by atoms with Crippen LogP contribution in [-0.4, -0.2) is 17.4 Å². The highest BCUT2D eigenvalue weighted by molar-refractivity contribution is 7.80. The van der Waals surface area contributed by atoms with E-state index in [2.05, 4.69) is 24.4 Å². The van der Waals surface area contributed by atoms with Gasteiger partial charge in [-0.1, -0.05) is 42.9 Å². The summed E-state index contributed by atoms with van der Waals surface area (Å²) in [5.41, 5.74) is 7.66. The first-order valence-corrected chi connectivity index (χ1v) is 7.10. The van der Waals surface area contributed by atoms with Crippen molar-refractivity contribution in [2.45, 2.75) is 32.6 Å². The van der Waals surface area contributed by atoms with Crippen molar-refractivity contribution < 1.29 is 4.79 Å². The quantitative estimate of drug-likeness (QED) is 0.810. The number of nitrogens with one attached hydrogen (secondary N) is 1. The Balaban J connectivity index is 1.88. The molecule has 2 rings (SSSR count). The second-order valence-electron chi connectivity index (χ2n) is 5.23. The molecule has 0 unspecified atom stereocenters. The highest BCUT2D eigenvalue weighted by atomic mass is 32.1. The number of carbonyl (C=O) groups is 1. The zero-order valence-electron chi connectivity index (χ0n) is 11.2. The van der Waals surface area contributed by atoms with Crippen LogP contribution in [0.2, 0.25) is 0 Å². The second kappa shape index (κ2) is 5.70. The van der Waals surface area contributed by atoms with Crippen LogP contribution >= 0.6 is 12.2 Å². The first-order valence-electron chi connectivity index (χ1n) is 6.69. The molecule has 1 amide bonds. The van der Waals surface area contributed by atoms with Crippen molar-refractivity contribution in [1.29, 1.82) is 0 Å². The van der Waals surface area contributed by atoms with Gasteiger partial charge in [0.1, 0.15) is 0 Å². The summed E-state index contributed by atoms with van der Waals surface area (Å²) in [6, 6.07) is 8.22. The molecule has 1 aromatic rings. The molecule has 0 bridgehead atoms. The fourth-order valence-electron chi connectivity index (χ4n) is 2.49. The molecule has 3 N–H and O–H groups in total. The standard InChI is InChI=1S/C15H20N2OS/c1-11-5-2-3-6-12(11)7-10-17-14(18)15(13(16)19)8-4-9-15/h2-3,5-6H,4,7-10H2,1H3,(H2,16,19)(H,17,18). The van der Waals surface area contributed by atoms with Crippen LogP contribution in [0.15, 0.2) is 24.3 Å². The number of rotatable bonds is 5. The first kappa shape index (κ1) is 14.0. The molecule has 0 spiro atoms. The summed E-state index contributed by atoms with van der Waals surface area (Å²) in [6.07, 6.45) is 3.45. The summed E-state index contributed by atoms with van der Waals surface area (Å²) in [7, 11) is 0. The molecule has 1 saturated carbocycles. The Morgan fingerprint density at radius 2 is 2.11 bits per heavy atom. The summed E-state index contributed by atoms with van der Waals surface area (Å²) < 4.78 is 0. The average Bonchev–Trinajstić information content (AvgIpc) is 2.29. The molecule has 0 aliphatic heterocycles. The topological polar surface area (TPSA) is 55.1 Å². The molecule has 102 valence electrons. The summed E-state index contributed by atoms with van der Waals surface area (Å²) >= 11 is 5.04. The molecule has 1 aromatic carbocycles. The molecule has 0 atom stereocenters. The third kappa shape index (κ3) is 2.78. The lowest BCUT2D eigenvalue weighted by molar-refractivity contribution is -0.130. The summed E-state index contributed by atoms with van der Waals surface area (Å²) in [6.45, 7) is 2.72. The van der Waals surface area contributed by atoms with Crippen molar-refractivity contribution in [2.75, 3.05) is 6.54 Å². The number of hydrogen-bond acceptors (Lipinski definition) is 2. The fraction of sp³-hybridized carbons (Fsp3) is 0.467. The van der Waals surface area contributed by atoms with Gasteiger partial charge >= 0.3 is 0 Å². The molecule has 3 nitrogen and oxygen atoms in total. The Bertz CT molecular complexity index is 495. The monoisotopic (exact) mass is 276 g/mol. The molecule has 0 heterocycles. The van der Waals surface area contributed by atoms with Crippen molar-refractivity contribution in [3.8, 4) is 0 Å². The minimum Gasteiger partial charge on any atom is -0.392 e. The fourth-order valence-corrected chi connectivity index (χ4v) is 2.78. The zero-order valence-corrected chi connectivity index (χ0v) is 12.1. The van der Waals surface area contributed by atoms with Crippen LogP contribution in [0.3, 0.4) is 0 Å². The number of carbonyl (C=O) groups excluding carboxylic acids is 1. The van der Waals surface area contributed by atoms with Crippen molar-refractivity contribution >= 4 is 23.1 Å². The number of aryl methyl sites for hydroxylation is 1. The molecular weight excluding hydrogens is 256 g/mol. The van der Waals surface area contributed by atoms with Crippen LogP contribution < -0.4 is 11.1 Å². The predicted molar refractivity (Wildman–Crippen MR) is 81.0 cm³/mol. The maximum Gasteiger partial charge on any atom is 0.233 e. The van der Waals surface area contributed by atoms with Crippen molar-refractivity contribution in [1.82, 2.24) is 5.32 Å². The van der Waals surface area contributed by atoms with E-state index in [0.717, 1.165) is 25.7 Å². The number of hydrogen-bond donors (Lipinski definition) is 2. The number of benzene rings is 1. The van der Waals surface area contributed by atoms with Gasteiger partial charge in [0, 0.05) is 6.54 Å². The Morgan fingerprint density at radius 1 is 1.42 bits per heavy atom. The minimum atomic E-state index is -0.568. The van der Waals surface area contributed by atoms with Crippen LogP contribution in [0.4, 0.5) is 0 Å². The van der Waals surface area contributed by atoms with E-state index in [-0.39, 0.29) is 5.91 Å². The number of amides is 1. The zero-order chi connectivity index (χ0) is 13.9. The second-order valence-corrected chi connectivity index (χ2v) is 5.67. The Hall–Kier alpha value is -1.42. The third-order valence-corrected chi connectivity index (χ3v) is 4.45. The first-order chi connectivity index (χ1) is 9.06. The van der Waals surface area contributed by atoms with Gasteiger partial charge in [-0.25, -0.2) is 0 Å². The van der Waals surface area contributed by atoms with Crippen LogP contribution in [0.25, 0.3) is 0 Å². The summed E-state index contributed by atoms with van der Waals surface area (Å²) in [5, 5.41) is 2.98. The van der Waals surface area contributed by atoms with Crippen molar-refractivity contribution in [2.24, 2.45) is 11.1 Å². The predicted octanol–water partition coefficient (Wildman–Crippen LogP) is 2.11. The van der Waals surface area contributed by atoms with E-state index in [4.69, 9.17) is 18.0 Å². The molecule has 0 saturated heterocycles. The Morgan fingerprint density at radius 3 is 2.63 bits per heavy atom. The van der Waals surface area contributed by atoms with Crippen molar-refractivity contribution in [3.63, 3.8) is 0 Å². The van der Waals surface area contributed by atoms with Gasteiger partial charge in [0.25, 0.3) is 0 Å². The molecular formula is C15H20N2OS. The van der Waals surface area contributed by atoms with E-state index < -0.39 is 5.41 Å². The maximum absolute atomic E-state index is 12.2. The SMILES string of the molecule is Cc1ccccc1CCNC(=O)C1(C(N)=S)CCC1. The van der Waals surface area contributed by atoms with Crippen molar-refractivity contribution in [3.05, 3.63) is 35.4 Å². The van der Waals surface area contributed by atoms with Gasteiger partial charge in [0.2, 0.25) is 5.91 Å². The lowest BCUT2D eigenvalue weighted by Crippen LogP contribution is -2.53. The molecule has 1 aliphatic carbocycles. The van der Waals surface area contributed by atoms with E-state index in [1.165, 1.54) is 11.1 Å². The Labute approximate surface area is 119 Å².